The Morgan fingerprint density at radius 1 is 1.24 bits per heavy atom. The largest absolute Gasteiger partial charge is 0.379 e. The number of benzene rings is 1. The van der Waals surface area contributed by atoms with Crippen molar-refractivity contribution < 1.29 is 4.79 Å². The quantitative estimate of drug-likeness (QED) is 0.850. The van der Waals surface area contributed by atoms with Crippen LogP contribution in [-0.2, 0) is 6.54 Å². The molecule has 1 saturated heterocycles. The zero-order valence-corrected chi connectivity index (χ0v) is 14.7. The van der Waals surface area contributed by atoms with Crippen LogP contribution in [0.3, 0.4) is 0 Å². The molecule has 1 amide bonds. The van der Waals surface area contributed by atoms with E-state index in [0.29, 0.717) is 18.0 Å². The number of carbonyl (C=O) groups is 1. The summed E-state index contributed by atoms with van der Waals surface area (Å²) in [6.07, 6.45) is 4.17. The summed E-state index contributed by atoms with van der Waals surface area (Å²) in [4.78, 5) is 19.3. The Morgan fingerprint density at radius 3 is 2.88 bits per heavy atom. The van der Waals surface area contributed by atoms with Crippen LogP contribution in [0.15, 0.2) is 48.7 Å². The molecule has 0 saturated carbocycles. The van der Waals surface area contributed by atoms with Crippen molar-refractivity contribution in [3.63, 3.8) is 0 Å². The van der Waals surface area contributed by atoms with Gasteiger partial charge >= 0.3 is 0 Å². The lowest BCUT2D eigenvalue weighted by Gasteiger charge is -2.29. The Morgan fingerprint density at radius 2 is 2.08 bits per heavy atom. The van der Waals surface area contributed by atoms with E-state index in [1.54, 1.807) is 6.20 Å². The summed E-state index contributed by atoms with van der Waals surface area (Å²) >= 11 is 0. The van der Waals surface area contributed by atoms with Gasteiger partial charge in [0.15, 0.2) is 0 Å². The molecule has 5 nitrogen and oxygen atoms in total. The van der Waals surface area contributed by atoms with Crippen LogP contribution in [0.5, 0.6) is 0 Å². The van der Waals surface area contributed by atoms with Gasteiger partial charge in [0.25, 0.3) is 5.91 Å². The van der Waals surface area contributed by atoms with Crippen LogP contribution in [0, 0.1) is 5.92 Å². The molecule has 5 heteroatoms. The number of para-hydroxylation sites is 1. The van der Waals surface area contributed by atoms with Crippen LogP contribution in [-0.4, -0.2) is 42.5 Å². The Hall–Kier alpha value is -2.40. The topological polar surface area (TPSA) is 57.3 Å². The van der Waals surface area contributed by atoms with Crippen molar-refractivity contribution in [2.24, 2.45) is 5.92 Å². The second-order valence-electron chi connectivity index (χ2n) is 6.70. The highest BCUT2D eigenvalue weighted by Crippen LogP contribution is 2.17. The van der Waals surface area contributed by atoms with E-state index in [0.717, 1.165) is 31.0 Å². The molecule has 0 spiro atoms. The van der Waals surface area contributed by atoms with Crippen LogP contribution in [0.1, 0.15) is 28.9 Å². The molecule has 25 heavy (non-hydrogen) atoms. The Bertz CT molecular complexity index is 689. The number of carbonyl (C=O) groups excluding carboxylic acids is 1. The molecule has 1 atom stereocenters. The summed E-state index contributed by atoms with van der Waals surface area (Å²) < 4.78 is 0. The zero-order valence-electron chi connectivity index (χ0n) is 14.7. The van der Waals surface area contributed by atoms with E-state index >= 15 is 0 Å². The predicted molar refractivity (Wildman–Crippen MR) is 101 cm³/mol. The van der Waals surface area contributed by atoms with Crippen molar-refractivity contribution in [2.75, 3.05) is 32.0 Å². The number of aromatic nitrogens is 1. The van der Waals surface area contributed by atoms with Gasteiger partial charge in [0.1, 0.15) is 0 Å². The van der Waals surface area contributed by atoms with Crippen molar-refractivity contribution >= 4 is 11.6 Å². The second kappa shape index (κ2) is 8.62. The summed E-state index contributed by atoms with van der Waals surface area (Å²) in [5, 5.41) is 6.43. The van der Waals surface area contributed by atoms with Gasteiger partial charge in [0.2, 0.25) is 0 Å². The number of nitrogens with one attached hydrogen (secondary N) is 2. The Balaban J connectivity index is 1.58. The number of rotatable bonds is 6. The van der Waals surface area contributed by atoms with Gasteiger partial charge in [-0.25, -0.2) is 0 Å². The van der Waals surface area contributed by atoms with Crippen molar-refractivity contribution in [1.29, 1.82) is 0 Å². The number of likely N-dealkylation sites (tertiary alicyclic amines) is 1. The van der Waals surface area contributed by atoms with E-state index in [-0.39, 0.29) is 5.91 Å². The minimum absolute atomic E-state index is 0.0163. The lowest BCUT2D eigenvalue weighted by Crippen LogP contribution is -2.39. The van der Waals surface area contributed by atoms with Crippen LogP contribution in [0.4, 0.5) is 5.69 Å². The van der Waals surface area contributed by atoms with E-state index in [9.17, 15) is 4.79 Å². The summed E-state index contributed by atoms with van der Waals surface area (Å²) in [5.41, 5.74) is 2.47. The maximum atomic E-state index is 12.6. The van der Waals surface area contributed by atoms with Gasteiger partial charge in [-0.1, -0.05) is 18.2 Å². The average molecular weight is 338 g/mol. The molecule has 2 aromatic rings. The van der Waals surface area contributed by atoms with Crippen molar-refractivity contribution in [2.45, 2.75) is 19.4 Å². The van der Waals surface area contributed by atoms with E-state index in [1.165, 1.54) is 12.8 Å². The normalized spacial score (nSPS) is 17.9. The highest BCUT2D eigenvalue weighted by molar-refractivity contribution is 5.99. The van der Waals surface area contributed by atoms with Gasteiger partial charge in [0.05, 0.1) is 17.8 Å². The lowest BCUT2D eigenvalue weighted by atomic mass is 9.98. The highest BCUT2D eigenvalue weighted by Gasteiger charge is 2.18. The number of hydrogen-bond acceptors (Lipinski definition) is 4. The first-order chi connectivity index (χ1) is 12.2. The first kappa shape index (κ1) is 17.4. The fourth-order valence-corrected chi connectivity index (χ4v) is 3.30. The molecule has 1 aromatic carbocycles. The molecule has 1 aliphatic rings. The molecule has 3 rings (SSSR count). The highest BCUT2D eigenvalue weighted by atomic mass is 16.1. The molecule has 1 aromatic heterocycles. The third-order valence-corrected chi connectivity index (χ3v) is 4.63. The molecule has 0 unspecified atom stereocenters. The van der Waals surface area contributed by atoms with Gasteiger partial charge in [-0.05, 0) is 56.6 Å². The first-order valence-electron chi connectivity index (χ1n) is 8.92. The van der Waals surface area contributed by atoms with Crippen molar-refractivity contribution in [3.05, 3.63) is 59.9 Å². The number of piperidine rings is 1. The first-order valence-corrected chi connectivity index (χ1v) is 8.92. The standard InChI is InChI=1S/C20H26N4O/c1-24-12-6-7-16(15-24)13-23-20(25)18-9-2-3-10-19(18)22-14-17-8-4-5-11-21-17/h2-5,8-11,16,22H,6-7,12-15H2,1H3,(H,23,25)/t16-/m1/s1. The van der Waals surface area contributed by atoms with Gasteiger partial charge in [0, 0.05) is 25.0 Å². The zero-order chi connectivity index (χ0) is 17.5. The van der Waals surface area contributed by atoms with E-state index in [2.05, 4.69) is 27.6 Å². The maximum Gasteiger partial charge on any atom is 0.253 e. The SMILES string of the molecule is CN1CCC[C@H](CNC(=O)c2ccccc2NCc2ccccn2)C1. The molecule has 0 bridgehead atoms. The molecule has 1 fully saturated rings. The van der Waals surface area contributed by atoms with Gasteiger partial charge in [-0.2, -0.15) is 0 Å². The van der Waals surface area contributed by atoms with Crippen molar-refractivity contribution in [1.82, 2.24) is 15.2 Å². The van der Waals surface area contributed by atoms with Gasteiger partial charge in [-0.15, -0.1) is 0 Å². The van der Waals surface area contributed by atoms with Crippen LogP contribution < -0.4 is 10.6 Å². The molecular formula is C20H26N4O. The fourth-order valence-electron chi connectivity index (χ4n) is 3.30. The molecule has 132 valence electrons. The minimum atomic E-state index is -0.0163. The van der Waals surface area contributed by atoms with E-state index in [4.69, 9.17) is 0 Å². The lowest BCUT2D eigenvalue weighted by molar-refractivity contribution is 0.0937. The average Bonchev–Trinajstić information content (AvgIpc) is 2.65. The smallest absolute Gasteiger partial charge is 0.253 e. The van der Waals surface area contributed by atoms with Crippen molar-refractivity contribution in [3.8, 4) is 0 Å². The molecule has 0 aliphatic carbocycles. The third kappa shape index (κ3) is 5.03. The number of amides is 1. The number of nitrogens with zero attached hydrogens (tertiary/aromatic N) is 2. The molecule has 2 N–H and O–H groups in total. The number of pyridine rings is 1. The van der Waals surface area contributed by atoms with Gasteiger partial charge in [-0.3, -0.25) is 9.78 Å². The molecule has 1 aliphatic heterocycles. The summed E-state index contributed by atoms with van der Waals surface area (Å²) in [6.45, 7) is 3.54. The van der Waals surface area contributed by atoms with Crippen LogP contribution >= 0.6 is 0 Å². The Kier molecular flexibility index (Phi) is 6.01. The molecule has 0 radical (unpaired) electrons. The summed E-state index contributed by atoms with van der Waals surface area (Å²) in [5.74, 6) is 0.522. The molecular weight excluding hydrogens is 312 g/mol. The maximum absolute atomic E-state index is 12.6. The minimum Gasteiger partial charge on any atom is -0.379 e. The van der Waals surface area contributed by atoms with E-state index in [1.807, 2.05) is 42.5 Å². The fraction of sp³-hybridized carbons (Fsp3) is 0.400. The van der Waals surface area contributed by atoms with Gasteiger partial charge < -0.3 is 15.5 Å². The van der Waals surface area contributed by atoms with Crippen LogP contribution in [0.2, 0.25) is 0 Å². The third-order valence-electron chi connectivity index (χ3n) is 4.63. The summed E-state index contributed by atoms with van der Waals surface area (Å²) in [7, 11) is 2.14. The number of hydrogen-bond donors (Lipinski definition) is 2. The van der Waals surface area contributed by atoms with Crippen LogP contribution in [0.25, 0.3) is 0 Å². The molecule has 2 heterocycles. The van der Waals surface area contributed by atoms with E-state index < -0.39 is 0 Å². The number of anilines is 1. The Labute approximate surface area is 149 Å². The summed E-state index contributed by atoms with van der Waals surface area (Å²) in [6, 6.07) is 13.5. The predicted octanol–water partition coefficient (Wildman–Crippen LogP) is 2.77. The monoisotopic (exact) mass is 338 g/mol. The second-order valence-corrected chi connectivity index (χ2v) is 6.70.